The number of aryl methyl sites for hydroxylation is 1. The van der Waals surface area contributed by atoms with E-state index in [2.05, 4.69) is 11.9 Å². The number of aromatic nitrogens is 1. The molecule has 4 rings (SSSR count). The molecule has 0 saturated heterocycles. The molecule has 1 aromatic heterocycles. The van der Waals surface area contributed by atoms with Crippen molar-refractivity contribution in [1.82, 2.24) is 4.98 Å². The van der Waals surface area contributed by atoms with Gasteiger partial charge in [0, 0.05) is 18.7 Å². The molecular formula is C23H28N2O3S. The van der Waals surface area contributed by atoms with E-state index in [-0.39, 0.29) is 18.5 Å². The standard InChI is InChI=1S/C23H28N2O3S/c1-3-16-5-8-21(9-6-16)25(15(2)26)23-24-20(14-29-23)13-28-22(27)12-19-11-17-4-7-18(19)10-17/h5-6,8-9,14,17-19H,3-4,7,10-13H2,1-2H3/t17-,18-,19-/m1/s1. The molecule has 0 radical (unpaired) electrons. The minimum atomic E-state index is -0.129. The van der Waals surface area contributed by atoms with Crippen molar-refractivity contribution in [3.05, 3.63) is 40.9 Å². The maximum Gasteiger partial charge on any atom is 0.306 e. The number of ether oxygens (including phenoxy) is 1. The number of amides is 1. The number of esters is 1. The summed E-state index contributed by atoms with van der Waals surface area (Å²) in [6, 6.07) is 7.93. The molecule has 2 aliphatic carbocycles. The van der Waals surface area contributed by atoms with Gasteiger partial charge in [0.25, 0.3) is 0 Å². The summed E-state index contributed by atoms with van der Waals surface area (Å²) >= 11 is 1.39. The van der Waals surface area contributed by atoms with Crippen LogP contribution in [0.4, 0.5) is 10.8 Å². The van der Waals surface area contributed by atoms with Crippen LogP contribution < -0.4 is 4.90 Å². The van der Waals surface area contributed by atoms with Crippen LogP contribution in [0.5, 0.6) is 0 Å². The van der Waals surface area contributed by atoms with E-state index in [1.165, 1.54) is 49.5 Å². The minimum Gasteiger partial charge on any atom is -0.459 e. The topological polar surface area (TPSA) is 59.5 Å². The van der Waals surface area contributed by atoms with Crippen molar-refractivity contribution in [2.45, 2.75) is 59.0 Å². The molecule has 2 aromatic rings. The first-order chi connectivity index (χ1) is 14.0. The molecule has 0 N–H and O–H groups in total. The van der Waals surface area contributed by atoms with Gasteiger partial charge < -0.3 is 4.74 Å². The molecule has 154 valence electrons. The fraction of sp³-hybridized carbons (Fsp3) is 0.522. The van der Waals surface area contributed by atoms with E-state index in [1.54, 1.807) is 4.90 Å². The summed E-state index contributed by atoms with van der Waals surface area (Å²) in [6.07, 6.45) is 6.58. The predicted octanol–water partition coefficient (Wildman–Crippen LogP) is 5.26. The van der Waals surface area contributed by atoms with Crippen molar-refractivity contribution in [2.75, 3.05) is 4.90 Å². The van der Waals surface area contributed by atoms with Gasteiger partial charge in [0.2, 0.25) is 5.91 Å². The average Bonchev–Trinajstić information content (AvgIpc) is 3.44. The Balaban J connectivity index is 1.36. The summed E-state index contributed by atoms with van der Waals surface area (Å²) in [5, 5.41) is 2.46. The molecule has 0 spiro atoms. The van der Waals surface area contributed by atoms with E-state index < -0.39 is 0 Å². The lowest BCUT2D eigenvalue weighted by Gasteiger charge is -2.20. The second-order valence-corrected chi connectivity index (χ2v) is 9.13. The Bertz CT molecular complexity index is 877. The Hall–Kier alpha value is -2.21. The Morgan fingerprint density at radius 1 is 1.21 bits per heavy atom. The van der Waals surface area contributed by atoms with Crippen molar-refractivity contribution in [3.8, 4) is 0 Å². The number of fused-ring (bicyclic) bond motifs is 2. The van der Waals surface area contributed by atoms with Crippen LogP contribution in [0.15, 0.2) is 29.6 Å². The summed E-state index contributed by atoms with van der Waals surface area (Å²) in [5.74, 6) is 1.84. The Morgan fingerprint density at radius 3 is 2.62 bits per heavy atom. The van der Waals surface area contributed by atoms with Crippen molar-refractivity contribution < 1.29 is 14.3 Å². The molecule has 1 aromatic carbocycles. The second-order valence-electron chi connectivity index (χ2n) is 8.30. The van der Waals surface area contributed by atoms with Crippen LogP contribution in [0.3, 0.4) is 0 Å². The predicted molar refractivity (Wildman–Crippen MR) is 114 cm³/mol. The van der Waals surface area contributed by atoms with Gasteiger partial charge in [-0.2, -0.15) is 0 Å². The summed E-state index contributed by atoms with van der Waals surface area (Å²) in [6.45, 7) is 3.80. The fourth-order valence-electron chi connectivity index (χ4n) is 4.83. The van der Waals surface area contributed by atoms with Crippen molar-refractivity contribution in [1.29, 1.82) is 0 Å². The monoisotopic (exact) mass is 412 g/mol. The second kappa shape index (κ2) is 8.66. The van der Waals surface area contributed by atoms with E-state index in [0.29, 0.717) is 23.2 Å². The van der Waals surface area contributed by atoms with Gasteiger partial charge in [-0.1, -0.05) is 25.5 Å². The molecule has 5 nitrogen and oxygen atoms in total. The van der Waals surface area contributed by atoms with E-state index in [0.717, 1.165) is 23.9 Å². The molecule has 3 atom stereocenters. The molecule has 1 heterocycles. The fourth-order valence-corrected chi connectivity index (χ4v) is 5.70. The number of anilines is 2. The Morgan fingerprint density at radius 2 is 2.00 bits per heavy atom. The van der Waals surface area contributed by atoms with Crippen LogP contribution in [0.2, 0.25) is 0 Å². The van der Waals surface area contributed by atoms with Gasteiger partial charge in [0.05, 0.1) is 11.4 Å². The maximum absolute atomic E-state index is 12.3. The minimum absolute atomic E-state index is 0.0940. The normalized spacial score (nSPS) is 22.6. The van der Waals surface area contributed by atoms with Gasteiger partial charge in [-0.25, -0.2) is 4.98 Å². The van der Waals surface area contributed by atoms with Crippen LogP contribution in [0.25, 0.3) is 0 Å². The number of hydrogen-bond acceptors (Lipinski definition) is 5. The molecule has 0 aliphatic heterocycles. The van der Waals surface area contributed by atoms with Gasteiger partial charge >= 0.3 is 5.97 Å². The molecule has 29 heavy (non-hydrogen) atoms. The summed E-state index contributed by atoms with van der Waals surface area (Å²) in [7, 11) is 0. The van der Waals surface area contributed by atoms with Crippen molar-refractivity contribution >= 4 is 34.0 Å². The molecular weight excluding hydrogens is 384 g/mol. The van der Waals surface area contributed by atoms with E-state index >= 15 is 0 Å². The third kappa shape index (κ3) is 4.53. The number of carbonyl (C=O) groups is 2. The first-order valence-corrected chi connectivity index (χ1v) is 11.4. The molecule has 2 fully saturated rings. The van der Waals surface area contributed by atoms with Gasteiger partial charge in [0.15, 0.2) is 5.13 Å². The highest BCUT2D eigenvalue weighted by Crippen LogP contribution is 2.49. The zero-order chi connectivity index (χ0) is 20.4. The number of benzene rings is 1. The van der Waals surface area contributed by atoms with Crippen LogP contribution in [-0.4, -0.2) is 16.9 Å². The zero-order valence-corrected chi connectivity index (χ0v) is 17.9. The van der Waals surface area contributed by atoms with Gasteiger partial charge in [-0.3, -0.25) is 14.5 Å². The highest BCUT2D eigenvalue weighted by molar-refractivity contribution is 7.14. The van der Waals surface area contributed by atoms with Crippen molar-refractivity contribution in [3.63, 3.8) is 0 Å². The van der Waals surface area contributed by atoms with E-state index in [1.807, 2.05) is 29.6 Å². The zero-order valence-electron chi connectivity index (χ0n) is 17.1. The molecule has 2 bridgehead atoms. The Labute approximate surface area is 176 Å². The molecule has 1 amide bonds. The quantitative estimate of drug-likeness (QED) is 0.582. The van der Waals surface area contributed by atoms with E-state index in [4.69, 9.17) is 4.74 Å². The van der Waals surface area contributed by atoms with Crippen LogP contribution in [0, 0.1) is 17.8 Å². The molecule has 2 saturated carbocycles. The smallest absolute Gasteiger partial charge is 0.306 e. The highest BCUT2D eigenvalue weighted by Gasteiger charge is 2.40. The lowest BCUT2D eigenvalue weighted by atomic mass is 9.86. The van der Waals surface area contributed by atoms with Crippen molar-refractivity contribution in [2.24, 2.45) is 17.8 Å². The molecule has 6 heteroatoms. The van der Waals surface area contributed by atoms with E-state index in [9.17, 15) is 9.59 Å². The largest absolute Gasteiger partial charge is 0.459 e. The SMILES string of the molecule is CCc1ccc(N(C(C)=O)c2nc(COC(=O)C[C@H]3C[C@@H]4CC[C@@H]3C4)cs2)cc1. The van der Waals surface area contributed by atoms with Crippen LogP contribution >= 0.6 is 11.3 Å². The molecule has 0 unspecified atom stereocenters. The Kier molecular flexibility index (Phi) is 5.99. The third-order valence-electron chi connectivity index (χ3n) is 6.34. The number of carbonyl (C=O) groups excluding carboxylic acids is 2. The highest BCUT2D eigenvalue weighted by atomic mass is 32.1. The average molecular weight is 413 g/mol. The van der Waals surface area contributed by atoms with Crippen LogP contribution in [-0.2, 0) is 27.4 Å². The lowest BCUT2D eigenvalue weighted by molar-refractivity contribution is -0.146. The first kappa shape index (κ1) is 20.1. The number of hydrogen-bond donors (Lipinski definition) is 0. The maximum atomic E-state index is 12.3. The van der Waals surface area contributed by atoms with Gasteiger partial charge in [0.1, 0.15) is 6.61 Å². The first-order valence-electron chi connectivity index (χ1n) is 10.5. The molecule has 2 aliphatic rings. The summed E-state index contributed by atoms with van der Waals surface area (Å²) in [5.41, 5.74) is 2.70. The third-order valence-corrected chi connectivity index (χ3v) is 7.22. The summed E-state index contributed by atoms with van der Waals surface area (Å²) < 4.78 is 5.49. The number of thiazole rings is 1. The van der Waals surface area contributed by atoms with Crippen LogP contribution in [0.1, 0.15) is 57.2 Å². The van der Waals surface area contributed by atoms with Gasteiger partial charge in [-0.05, 0) is 61.1 Å². The van der Waals surface area contributed by atoms with Gasteiger partial charge in [-0.15, -0.1) is 11.3 Å². The number of nitrogens with zero attached hydrogens (tertiary/aromatic N) is 2. The summed E-state index contributed by atoms with van der Waals surface area (Å²) in [4.78, 5) is 30.6. The number of rotatable bonds is 7. The lowest BCUT2D eigenvalue weighted by Crippen LogP contribution is -2.22.